The van der Waals surface area contributed by atoms with Gasteiger partial charge in [0.05, 0.1) is 6.04 Å². The zero-order valence-corrected chi connectivity index (χ0v) is 11.4. The molecule has 1 aromatic heterocycles. The van der Waals surface area contributed by atoms with Crippen LogP contribution >= 0.6 is 0 Å². The molecule has 0 aliphatic carbocycles. The molecule has 0 spiro atoms. The van der Waals surface area contributed by atoms with E-state index in [4.69, 9.17) is 10.3 Å². The van der Waals surface area contributed by atoms with Crippen LogP contribution in [-0.2, 0) is 6.42 Å². The van der Waals surface area contributed by atoms with Crippen LogP contribution in [0.3, 0.4) is 0 Å². The molecule has 0 aliphatic heterocycles. The summed E-state index contributed by atoms with van der Waals surface area (Å²) in [7, 11) is 0. The molecule has 2 aromatic rings. The van der Waals surface area contributed by atoms with Crippen LogP contribution in [0.2, 0.25) is 0 Å². The van der Waals surface area contributed by atoms with Crippen LogP contribution in [0.15, 0.2) is 22.7 Å². The van der Waals surface area contributed by atoms with Gasteiger partial charge in [-0.2, -0.15) is 4.98 Å². The van der Waals surface area contributed by atoms with Crippen molar-refractivity contribution in [3.63, 3.8) is 0 Å². The Morgan fingerprint density at radius 1 is 1.20 bits per heavy atom. The Morgan fingerprint density at radius 2 is 1.85 bits per heavy atom. The van der Waals surface area contributed by atoms with Crippen molar-refractivity contribution in [3.05, 3.63) is 47.1 Å². The molecule has 6 heteroatoms. The number of hydrogen-bond donors (Lipinski definition) is 1. The van der Waals surface area contributed by atoms with E-state index in [1.807, 2.05) is 13.8 Å². The summed E-state index contributed by atoms with van der Waals surface area (Å²) in [5.74, 6) is -0.118. The van der Waals surface area contributed by atoms with Gasteiger partial charge < -0.3 is 10.3 Å². The number of halogens is 2. The summed E-state index contributed by atoms with van der Waals surface area (Å²) in [5, 5.41) is 3.79. The van der Waals surface area contributed by atoms with Crippen molar-refractivity contribution in [1.82, 2.24) is 10.1 Å². The standard InChI is InChI=1S/C14H17F2N3O/c1-8(2)3-12(17)14-18-13(19-20-14)6-9-4-10(15)7-11(16)5-9/h4-5,7-8,12H,3,6,17H2,1-2H3. The number of rotatable bonds is 5. The van der Waals surface area contributed by atoms with Gasteiger partial charge >= 0.3 is 0 Å². The van der Waals surface area contributed by atoms with Crippen molar-refractivity contribution in [2.75, 3.05) is 0 Å². The van der Waals surface area contributed by atoms with E-state index in [-0.39, 0.29) is 12.5 Å². The predicted molar refractivity (Wildman–Crippen MR) is 69.8 cm³/mol. The van der Waals surface area contributed by atoms with Crippen molar-refractivity contribution < 1.29 is 13.3 Å². The van der Waals surface area contributed by atoms with Gasteiger partial charge in [-0.15, -0.1) is 0 Å². The molecular formula is C14H17F2N3O. The molecule has 1 unspecified atom stereocenters. The summed E-state index contributed by atoms with van der Waals surface area (Å²) in [6, 6.07) is 2.99. The summed E-state index contributed by atoms with van der Waals surface area (Å²) in [6.45, 7) is 4.10. The molecule has 2 N–H and O–H groups in total. The summed E-state index contributed by atoms with van der Waals surface area (Å²) in [6.07, 6.45) is 0.933. The topological polar surface area (TPSA) is 64.9 Å². The van der Waals surface area contributed by atoms with Gasteiger partial charge in [0, 0.05) is 12.5 Å². The highest BCUT2D eigenvalue weighted by Gasteiger charge is 2.16. The lowest BCUT2D eigenvalue weighted by Gasteiger charge is -2.08. The number of nitrogens with zero attached hydrogens (tertiary/aromatic N) is 2. The lowest BCUT2D eigenvalue weighted by Crippen LogP contribution is -2.13. The van der Waals surface area contributed by atoms with Crippen LogP contribution in [0.4, 0.5) is 8.78 Å². The highest BCUT2D eigenvalue weighted by atomic mass is 19.1. The van der Waals surface area contributed by atoms with Gasteiger partial charge in [0.2, 0.25) is 5.89 Å². The van der Waals surface area contributed by atoms with E-state index in [0.29, 0.717) is 23.2 Å². The number of nitrogens with two attached hydrogens (primary N) is 1. The van der Waals surface area contributed by atoms with E-state index in [1.54, 1.807) is 0 Å². The van der Waals surface area contributed by atoms with Gasteiger partial charge in [-0.3, -0.25) is 0 Å². The van der Waals surface area contributed by atoms with Crippen molar-refractivity contribution >= 4 is 0 Å². The molecule has 0 radical (unpaired) electrons. The molecule has 0 saturated heterocycles. The predicted octanol–water partition coefficient (Wildman–Crippen LogP) is 2.98. The van der Waals surface area contributed by atoms with Crippen LogP contribution in [-0.4, -0.2) is 10.1 Å². The van der Waals surface area contributed by atoms with Crippen LogP contribution in [0.5, 0.6) is 0 Å². The minimum atomic E-state index is -0.625. The SMILES string of the molecule is CC(C)CC(N)c1nc(Cc2cc(F)cc(F)c2)no1. The number of hydrogen-bond acceptors (Lipinski definition) is 4. The van der Waals surface area contributed by atoms with Gasteiger partial charge in [0.25, 0.3) is 0 Å². The Labute approximate surface area is 116 Å². The van der Waals surface area contributed by atoms with E-state index in [0.717, 1.165) is 12.5 Å². The smallest absolute Gasteiger partial charge is 0.243 e. The van der Waals surface area contributed by atoms with Crippen molar-refractivity contribution in [2.24, 2.45) is 11.7 Å². The van der Waals surface area contributed by atoms with Crippen molar-refractivity contribution in [1.29, 1.82) is 0 Å². The monoisotopic (exact) mass is 281 g/mol. The average Bonchev–Trinajstić information content (AvgIpc) is 2.75. The van der Waals surface area contributed by atoms with E-state index >= 15 is 0 Å². The van der Waals surface area contributed by atoms with E-state index in [1.165, 1.54) is 12.1 Å². The largest absolute Gasteiger partial charge is 0.338 e. The first-order valence-electron chi connectivity index (χ1n) is 6.47. The molecule has 4 nitrogen and oxygen atoms in total. The number of aromatic nitrogens is 2. The van der Waals surface area contributed by atoms with Crippen molar-refractivity contribution in [2.45, 2.75) is 32.7 Å². The Bertz CT molecular complexity index is 563. The van der Waals surface area contributed by atoms with E-state index < -0.39 is 11.6 Å². The highest BCUT2D eigenvalue weighted by molar-refractivity contribution is 5.21. The summed E-state index contributed by atoms with van der Waals surface area (Å²) < 4.78 is 31.3. The Hall–Kier alpha value is -1.82. The third-order valence-corrected chi connectivity index (χ3v) is 2.81. The molecule has 0 saturated carbocycles. The third kappa shape index (κ3) is 3.84. The van der Waals surface area contributed by atoms with Crippen LogP contribution in [0, 0.1) is 17.6 Å². The molecule has 1 heterocycles. The minimum absolute atomic E-state index is 0.201. The lowest BCUT2D eigenvalue weighted by atomic mass is 10.0. The zero-order valence-electron chi connectivity index (χ0n) is 11.4. The second kappa shape index (κ2) is 6.09. The van der Waals surface area contributed by atoms with Gasteiger partial charge in [-0.05, 0) is 30.0 Å². The Morgan fingerprint density at radius 3 is 2.45 bits per heavy atom. The fourth-order valence-electron chi connectivity index (χ4n) is 1.99. The maximum absolute atomic E-state index is 13.1. The van der Waals surface area contributed by atoms with Crippen LogP contribution in [0.25, 0.3) is 0 Å². The van der Waals surface area contributed by atoms with Crippen molar-refractivity contribution in [3.8, 4) is 0 Å². The maximum Gasteiger partial charge on any atom is 0.243 e. The fraction of sp³-hybridized carbons (Fsp3) is 0.429. The molecular weight excluding hydrogens is 264 g/mol. The molecule has 1 atom stereocenters. The minimum Gasteiger partial charge on any atom is -0.338 e. The van der Waals surface area contributed by atoms with Gasteiger partial charge in [-0.25, -0.2) is 8.78 Å². The molecule has 0 bridgehead atoms. The molecule has 0 fully saturated rings. The lowest BCUT2D eigenvalue weighted by molar-refractivity contribution is 0.333. The van der Waals surface area contributed by atoms with Gasteiger partial charge in [0.15, 0.2) is 5.82 Å². The second-order valence-corrected chi connectivity index (χ2v) is 5.24. The second-order valence-electron chi connectivity index (χ2n) is 5.24. The summed E-state index contributed by atoms with van der Waals surface area (Å²) >= 11 is 0. The first-order chi connectivity index (χ1) is 9.44. The summed E-state index contributed by atoms with van der Waals surface area (Å²) in [5.41, 5.74) is 6.39. The van der Waals surface area contributed by atoms with Gasteiger partial charge in [-0.1, -0.05) is 19.0 Å². The molecule has 2 rings (SSSR count). The molecule has 0 amide bonds. The normalized spacial score (nSPS) is 12.9. The van der Waals surface area contributed by atoms with Crippen LogP contribution in [0.1, 0.15) is 43.6 Å². The maximum atomic E-state index is 13.1. The fourth-order valence-corrected chi connectivity index (χ4v) is 1.99. The Balaban J connectivity index is 2.09. The Kier molecular flexibility index (Phi) is 4.44. The molecule has 1 aromatic carbocycles. The van der Waals surface area contributed by atoms with Gasteiger partial charge in [0.1, 0.15) is 11.6 Å². The average molecular weight is 281 g/mol. The first-order valence-corrected chi connectivity index (χ1v) is 6.47. The first kappa shape index (κ1) is 14.6. The quantitative estimate of drug-likeness (QED) is 0.915. The van der Waals surface area contributed by atoms with E-state index in [9.17, 15) is 8.78 Å². The third-order valence-electron chi connectivity index (χ3n) is 2.81. The molecule has 108 valence electrons. The molecule has 0 aliphatic rings. The summed E-state index contributed by atoms with van der Waals surface area (Å²) in [4.78, 5) is 4.17. The number of benzene rings is 1. The van der Waals surface area contributed by atoms with Crippen LogP contribution < -0.4 is 5.73 Å². The zero-order chi connectivity index (χ0) is 14.7. The molecule has 20 heavy (non-hydrogen) atoms. The van der Waals surface area contributed by atoms with E-state index in [2.05, 4.69) is 10.1 Å². The highest BCUT2D eigenvalue weighted by Crippen LogP contribution is 2.18.